The second kappa shape index (κ2) is 6.60. The van der Waals surface area contributed by atoms with E-state index in [1.165, 1.54) is 6.08 Å². The Bertz CT molecular complexity index is 867. The molecule has 4 amide bonds. The van der Waals surface area contributed by atoms with Gasteiger partial charge in [-0.25, -0.2) is 9.69 Å². The summed E-state index contributed by atoms with van der Waals surface area (Å²) in [7, 11) is 1.55. The number of rotatable bonds is 3. The molecule has 1 aliphatic heterocycles. The summed E-state index contributed by atoms with van der Waals surface area (Å²) < 4.78 is 5.08. The maximum Gasteiger partial charge on any atom is 0.335 e. The number of nitrogens with zero attached hydrogens (tertiary/aromatic N) is 1. The van der Waals surface area contributed by atoms with Crippen LogP contribution in [0.4, 0.5) is 10.5 Å². The number of anilines is 1. The van der Waals surface area contributed by atoms with Crippen molar-refractivity contribution in [1.82, 2.24) is 5.32 Å². The number of barbiturate groups is 1. The summed E-state index contributed by atoms with van der Waals surface area (Å²) in [4.78, 5) is 37.9. The summed E-state index contributed by atoms with van der Waals surface area (Å²) in [6, 6.07) is 13.0. The zero-order valence-electron chi connectivity index (χ0n) is 13.8. The van der Waals surface area contributed by atoms with Crippen molar-refractivity contribution < 1.29 is 19.1 Å². The highest BCUT2D eigenvalue weighted by atomic mass is 16.5. The molecule has 6 heteroatoms. The normalized spacial score (nSPS) is 16.2. The lowest BCUT2D eigenvalue weighted by molar-refractivity contribution is -0.122. The highest BCUT2D eigenvalue weighted by Gasteiger charge is 2.36. The third-order valence-electron chi connectivity index (χ3n) is 3.82. The smallest absolute Gasteiger partial charge is 0.335 e. The molecule has 0 unspecified atom stereocenters. The molecule has 0 saturated carbocycles. The molecule has 0 aromatic heterocycles. The third-order valence-corrected chi connectivity index (χ3v) is 3.82. The van der Waals surface area contributed by atoms with Crippen molar-refractivity contribution in [3.63, 3.8) is 0 Å². The fraction of sp³-hybridized carbons (Fsp3) is 0.105. The van der Waals surface area contributed by atoms with Crippen LogP contribution in [0.25, 0.3) is 6.08 Å². The molecule has 1 aliphatic rings. The van der Waals surface area contributed by atoms with Crippen LogP contribution in [0, 0.1) is 6.92 Å². The Kier molecular flexibility index (Phi) is 4.35. The van der Waals surface area contributed by atoms with E-state index in [2.05, 4.69) is 5.32 Å². The molecule has 0 spiro atoms. The Morgan fingerprint density at radius 1 is 0.960 bits per heavy atom. The minimum Gasteiger partial charge on any atom is -0.497 e. The third kappa shape index (κ3) is 3.28. The predicted molar refractivity (Wildman–Crippen MR) is 93.2 cm³/mol. The molecule has 2 aromatic carbocycles. The van der Waals surface area contributed by atoms with E-state index in [0.29, 0.717) is 17.0 Å². The number of ether oxygens (including phenoxy) is 1. The first-order valence-corrected chi connectivity index (χ1v) is 7.62. The molecule has 0 bridgehead atoms. The molecule has 3 rings (SSSR count). The molecule has 25 heavy (non-hydrogen) atoms. The van der Waals surface area contributed by atoms with Gasteiger partial charge in [0.2, 0.25) is 0 Å². The average molecular weight is 336 g/mol. The number of carbonyl (C=O) groups excluding carboxylic acids is 3. The van der Waals surface area contributed by atoms with Crippen LogP contribution >= 0.6 is 0 Å². The largest absolute Gasteiger partial charge is 0.497 e. The second-order valence-electron chi connectivity index (χ2n) is 5.57. The van der Waals surface area contributed by atoms with Gasteiger partial charge in [-0.2, -0.15) is 0 Å². The number of hydrogen-bond donors (Lipinski definition) is 1. The summed E-state index contributed by atoms with van der Waals surface area (Å²) in [5.74, 6) is -0.708. The molecule has 2 aromatic rings. The Balaban J connectivity index is 1.97. The molecule has 0 aliphatic carbocycles. The SMILES string of the molecule is COc1ccc(C=C2C(=O)NC(=O)N(c3ccc(C)cc3)C2=O)cc1. The molecule has 0 radical (unpaired) electrons. The summed E-state index contributed by atoms with van der Waals surface area (Å²) >= 11 is 0. The molecule has 1 N–H and O–H groups in total. The maximum absolute atomic E-state index is 12.7. The lowest BCUT2D eigenvalue weighted by Crippen LogP contribution is -2.54. The van der Waals surface area contributed by atoms with Gasteiger partial charge in [-0.15, -0.1) is 0 Å². The molecule has 1 heterocycles. The van der Waals surface area contributed by atoms with Crippen molar-refractivity contribution in [3.8, 4) is 5.75 Å². The lowest BCUT2D eigenvalue weighted by Gasteiger charge is -2.26. The molecule has 6 nitrogen and oxygen atoms in total. The zero-order chi connectivity index (χ0) is 18.0. The van der Waals surface area contributed by atoms with Crippen LogP contribution in [0.5, 0.6) is 5.75 Å². The van der Waals surface area contributed by atoms with Gasteiger partial charge < -0.3 is 4.74 Å². The number of imide groups is 2. The Morgan fingerprint density at radius 2 is 1.60 bits per heavy atom. The topological polar surface area (TPSA) is 75.7 Å². The van der Waals surface area contributed by atoms with E-state index >= 15 is 0 Å². The van der Waals surface area contributed by atoms with E-state index in [9.17, 15) is 14.4 Å². The van der Waals surface area contributed by atoms with Crippen molar-refractivity contribution >= 4 is 29.6 Å². The second-order valence-corrected chi connectivity index (χ2v) is 5.57. The zero-order valence-corrected chi connectivity index (χ0v) is 13.8. The van der Waals surface area contributed by atoms with Crippen LogP contribution < -0.4 is 15.0 Å². The fourth-order valence-corrected chi connectivity index (χ4v) is 2.45. The molecular weight excluding hydrogens is 320 g/mol. The number of amides is 4. The van der Waals surface area contributed by atoms with Crippen LogP contribution in [0.15, 0.2) is 54.1 Å². The molecule has 1 fully saturated rings. The number of nitrogens with one attached hydrogen (secondary N) is 1. The summed E-state index contributed by atoms with van der Waals surface area (Å²) in [6.07, 6.45) is 1.45. The van der Waals surface area contributed by atoms with Crippen LogP contribution in [-0.2, 0) is 9.59 Å². The van der Waals surface area contributed by atoms with Gasteiger partial charge >= 0.3 is 6.03 Å². The first-order chi connectivity index (χ1) is 12.0. The molecule has 126 valence electrons. The summed E-state index contributed by atoms with van der Waals surface area (Å²) in [5, 5.41) is 2.20. The minimum absolute atomic E-state index is 0.106. The van der Waals surface area contributed by atoms with Gasteiger partial charge in [0, 0.05) is 0 Å². The van der Waals surface area contributed by atoms with E-state index < -0.39 is 17.8 Å². The first-order valence-electron chi connectivity index (χ1n) is 7.62. The quantitative estimate of drug-likeness (QED) is 0.691. The van der Waals surface area contributed by atoms with E-state index in [0.717, 1.165) is 10.5 Å². The van der Waals surface area contributed by atoms with Crippen molar-refractivity contribution in [2.75, 3.05) is 12.0 Å². The van der Waals surface area contributed by atoms with Crippen LogP contribution in [0.3, 0.4) is 0 Å². The Hall–Kier alpha value is -3.41. The predicted octanol–water partition coefficient (Wildman–Crippen LogP) is 2.67. The number of aryl methyl sites for hydroxylation is 1. The van der Waals surface area contributed by atoms with Gasteiger partial charge in [-0.05, 0) is 42.8 Å². The Labute approximate surface area is 144 Å². The van der Waals surface area contributed by atoms with Crippen molar-refractivity contribution in [2.24, 2.45) is 0 Å². The van der Waals surface area contributed by atoms with Gasteiger partial charge in [0.25, 0.3) is 11.8 Å². The standard InChI is InChI=1S/C19H16N2O4/c1-12-3-7-14(8-4-12)21-18(23)16(17(22)20-19(21)24)11-13-5-9-15(25-2)10-6-13/h3-11H,1-2H3,(H,20,22,24). The number of methoxy groups -OCH3 is 1. The van der Waals surface area contributed by atoms with Gasteiger partial charge in [0.1, 0.15) is 11.3 Å². The lowest BCUT2D eigenvalue weighted by atomic mass is 10.1. The van der Waals surface area contributed by atoms with E-state index in [1.807, 2.05) is 6.92 Å². The fourth-order valence-electron chi connectivity index (χ4n) is 2.45. The average Bonchev–Trinajstić information content (AvgIpc) is 2.60. The van der Waals surface area contributed by atoms with E-state index in [4.69, 9.17) is 4.74 Å². The number of benzene rings is 2. The molecule has 0 atom stereocenters. The van der Waals surface area contributed by atoms with E-state index in [1.54, 1.807) is 55.6 Å². The van der Waals surface area contributed by atoms with Crippen molar-refractivity contribution in [3.05, 3.63) is 65.2 Å². The van der Waals surface area contributed by atoms with Crippen molar-refractivity contribution in [1.29, 1.82) is 0 Å². The molecular formula is C19H16N2O4. The van der Waals surface area contributed by atoms with Crippen molar-refractivity contribution in [2.45, 2.75) is 6.92 Å². The highest BCUT2D eigenvalue weighted by molar-refractivity contribution is 6.39. The maximum atomic E-state index is 12.7. The van der Waals surface area contributed by atoms with Crippen LogP contribution in [0.2, 0.25) is 0 Å². The number of carbonyl (C=O) groups is 3. The highest BCUT2D eigenvalue weighted by Crippen LogP contribution is 2.22. The minimum atomic E-state index is -0.759. The van der Waals surface area contributed by atoms with Crippen LogP contribution in [0.1, 0.15) is 11.1 Å². The number of hydrogen-bond acceptors (Lipinski definition) is 4. The molecule has 1 saturated heterocycles. The summed E-state index contributed by atoms with van der Waals surface area (Å²) in [6.45, 7) is 1.90. The van der Waals surface area contributed by atoms with Gasteiger partial charge in [-0.3, -0.25) is 14.9 Å². The van der Waals surface area contributed by atoms with E-state index in [-0.39, 0.29) is 5.57 Å². The van der Waals surface area contributed by atoms with Crippen LogP contribution in [-0.4, -0.2) is 25.0 Å². The Morgan fingerprint density at radius 3 is 2.20 bits per heavy atom. The number of urea groups is 1. The van der Waals surface area contributed by atoms with Gasteiger partial charge in [0.05, 0.1) is 12.8 Å². The van der Waals surface area contributed by atoms with Gasteiger partial charge in [-0.1, -0.05) is 29.8 Å². The van der Waals surface area contributed by atoms with Gasteiger partial charge in [0.15, 0.2) is 0 Å². The monoisotopic (exact) mass is 336 g/mol. The first kappa shape index (κ1) is 16.4. The summed E-state index contributed by atoms with van der Waals surface area (Å²) in [5.41, 5.74) is 1.95.